The molecule has 0 unspecified atom stereocenters. The Kier molecular flexibility index (Phi) is 3.09. The van der Waals surface area contributed by atoms with E-state index < -0.39 is 0 Å². The van der Waals surface area contributed by atoms with E-state index in [0.29, 0.717) is 11.6 Å². The van der Waals surface area contributed by atoms with Crippen molar-refractivity contribution in [3.63, 3.8) is 0 Å². The number of nitrogens with two attached hydrogens (primary N) is 1. The SMILES string of the molecule is COc1ncc(-c2ccc(N)cc2)c(OC)n1. The van der Waals surface area contributed by atoms with Crippen LogP contribution >= 0.6 is 0 Å². The fraction of sp³-hybridized carbons (Fsp3) is 0.167. The van der Waals surface area contributed by atoms with Crippen LogP contribution in [0.15, 0.2) is 30.5 Å². The van der Waals surface area contributed by atoms with E-state index in [4.69, 9.17) is 15.2 Å². The molecule has 0 bridgehead atoms. The predicted octanol–water partition coefficient (Wildman–Crippen LogP) is 1.74. The summed E-state index contributed by atoms with van der Waals surface area (Å²) < 4.78 is 10.2. The topological polar surface area (TPSA) is 70.3 Å². The lowest BCUT2D eigenvalue weighted by molar-refractivity contribution is 0.353. The summed E-state index contributed by atoms with van der Waals surface area (Å²) in [5.74, 6) is 0.474. The van der Waals surface area contributed by atoms with E-state index in [1.165, 1.54) is 7.11 Å². The lowest BCUT2D eigenvalue weighted by atomic mass is 10.1. The summed E-state index contributed by atoms with van der Waals surface area (Å²) in [5.41, 5.74) is 8.09. The minimum Gasteiger partial charge on any atom is -0.480 e. The van der Waals surface area contributed by atoms with Crippen LogP contribution in [0.4, 0.5) is 5.69 Å². The van der Waals surface area contributed by atoms with Gasteiger partial charge in [0.2, 0.25) is 5.88 Å². The van der Waals surface area contributed by atoms with Crippen LogP contribution in [-0.4, -0.2) is 24.2 Å². The highest BCUT2D eigenvalue weighted by Crippen LogP contribution is 2.29. The number of methoxy groups -OCH3 is 2. The van der Waals surface area contributed by atoms with Gasteiger partial charge in [-0.25, -0.2) is 4.98 Å². The molecule has 5 nitrogen and oxygen atoms in total. The lowest BCUT2D eigenvalue weighted by Gasteiger charge is -2.08. The smallest absolute Gasteiger partial charge is 0.319 e. The highest BCUT2D eigenvalue weighted by molar-refractivity contribution is 5.69. The van der Waals surface area contributed by atoms with Crippen molar-refractivity contribution in [3.8, 4) is 23.0 Å². The molecule has 0 aliphatic rings. The van der Waals surface area contributed by atoms with Crippen LogP contribution in [0.3, 0.4) is 0 Å². The van der Waals surface area contributed by atoms with Crippen LogP contribution in [0.2, 0.25) is 0 Å². The monoisotopic (exact) mass is 231 g/mol. The Labute approximate surface area is 99.2 Å². The summed E-state index contributed by atoms with van der Waals surface area (Å²) in [5, 5.41) is 0. The van der Waals surface area contributed by atoms with Gasteiger partial charge in [-0.2, -0.15) is 4.98 Å². The third kappa shape index (κ3) is 2.28. The van der Waals surface area contributed by atoms with Gasteiger partial charge in [-0.1, -0.05) is 12.1 Å². The number of aromatic nitrogens is 2. The standard InChI is InChI=1S/C12H13N3O2/c1-16-11-10(7-14-12(15-11)17-2)8-3-5-9(13)6-4-8/h3-7H,13H2,1-2H3. The molecule has 0 saturated carbocycles. The minimum absolute atomic E-state index is 0.279. The van der Waals surface area contributed by atoms with Gasteiger partial charge in [0.15, 0.2) is 0 Å². The molecule has 0 radical (unpaired) electrons. The van der Waals surface area contributed by atoms with Gasteiger partial charge < -0.3 is 15.2 Å². The van der Waals surface area contributed by atoms with Crippen LogP contribution in [-0.2, 0) is 0 Å². The Morgan fingerprint density at radius 1 is 1.06 bits per heavy atom. The van der Waals surface area contributed by atoms with E-state index in [0.717, 1.165) is 11.1 Å². The molecule has 0 saturated heterocycles. The van der Waals surface area contributed by atoms with Gasteiger partial charge in [0.05, 0.1) is 19.8 Å². The zero-order valence-electron chi connectivity index (χ0n) is 9.68. The van der Waals surface area contributed by atoms with Crippen molar-refractivity contribution in [3.05, 3.63) is 30.5 Å². The van der Waals surface area contributed by atoms with Crippen LogP contribution in [0, 0.1) is 0 Å². The highest BCUT2D eigenvalue weighted by atomic mass is 16.5. The van der Waals surface area contributed by atoms with Crippen molar-refractivity contribution in [1.29, 1.82) is 0 Å². The first-order valence-electron chi connectivity index (χ1n) is 5.05. The van der Waals surface area contributed by atoms with Gasteiger partial charge in [0.1, 0.15) is 0 Å². The van der Waals surface area contributed by atoms with Crippen molar-refractivity contribution in [2.24, 2.45) is 0 Å². The van der Waals surface area contributed by atoms with Crippen molar-refractivity contribution in [2.45, 2.75) is 0 Å². The second kappa shape index (κ2) is 4.69. The largest absolute Gasteiger partial charge is 0.480 e. The van der Waals surface area contributed by atoms with E-state index in [9.17, 15) is 0 Å². The first-order valence-corrected chi connectivity index (χ1v) is 5.05. The Balaban J connectivity index is 2.47. The van der Waals surface area contributed by atoms with E-state index >= 15 is 0 Å². The molecule has 0 spiro atoms. The molecular weight excluding hydrogens is 218 g/mol. The fourth-order valence-electron chi connectivity index (χ4n) is 1.47. The molecule has 0 aliphatic heterocycles. The summed E-state index contributed by atoms with van der Waals surface area (Å²) >= 11 is 0. The van der Waals surface area contributed by atoms with Crippen molar-refractivity contribution in [1.82, 2.24) is 9.97 Å². The van der Waals surface area contributed by atoms with Gasteiger partial charge in [0.25, 0.3) is 0 Å². The Bertz CT molecular complexity index is 512. The Hall–Kier alpha value is -2.30. The molecule has 2 rings (SSSR count). The number of benzene rings is 1. The van der Waals surface area contributed by atoms with Gasteiger partial charge in [-0.3, -0.25) is 0 Å². The zero-order valence-corrected chi connectivity index (χ0v) is 9.68. The van der Waals surface area contributed by atoms with E-state index in [-0.39, 0.29) is 6.01 Å². The quantitative estimate of drug-likeness (QED) is 0.815. The third-order valence-electron chi connectivity index (χ3n) is 2.33. The Morgan fingerprint density at radius 3 is 2.35 bits per heavy atom. The summed E-state index contributed by atoms with van der Waals surface area (Å²) in [6.45, 7) is 0. The molecule has 0 atom stereocenters. The molecule has 17 heavy (non-hydrogen) atoms. The fourth-order valence-corrected chi connectivity index (χ4v) is 1.47. The number of anilines is 1. The van der Waals surface area contributed by atoms with Gasteiger partial charge in [-0.15, -0.1) is 0 Å². The lowest BCUT2D eigenvalue weighted by Crippen LogP contribution is -1.97. The van der Waals surface area contributed by atoms with Gasteiger partial charge in [0, 0.05) is 11.9 Å². The van der Waals surface area contributed by atoms with E-state index in [1.54, 1.807) is 13.3 Å². The summed E-state index contributed by atoms with van der Waals surface area (Å²) in [6, 6.07) is 7.70. The highest BCUT2D eigenvalue weighted by Gasteiger charge is 2.09. The average molecular weight is 231 g/mol. The first-order chi connectivity index (χ1) is 8.24. The second-order valence-electron chi connectivity index (χ2n) is 3.40. The molecule has 1 aromatic heterocycles. The average Bonchev–Trinajstić information content (AvgIpc) is 2.39. The summed E-state index contributed by atoms with van der Waals surface area (Å²) in [6.07, 6.45) is 1.66. The van der Waals surface area contributed by atoms with Crippen molar-refractivity contribution in [2.75, 3.05) is 20.0 Å². The number of rotatable bonds is 3. The predicted molar refractivity (Wildman–Crippen MR) is 65.0 cm³/mol. The van der Waals surface area contributed by atoms with Crippen molar-refractivity contribution < 1.29 is 9.47 Å². The van der Waals surface area contributed by atoms with Crippen LogP contribution in [0.1, 0.15) is 0 Å². The molecule has 1 heterocycles. The number of hydrogen-bond donors (Lipinski definition) is 1. The van der Waals surface area contributed by atoms with E-state index in [2.05, 4.69) is 9.97 Å². The number of nitrogen functional groups attached to an aromatic ring is 1. The van der Waals surface area contributed by atoms with Crippen LogP contribution in [0.5, 0.6) is 11.9 Å². The molecule has 2 aromatic rings. The maximum Gasteiger partial charge on any atom is 0.319 e. The number of hydrogen-bond acceptors (Lipinski definition) is 5. The number of ether oxygens (including phenoxy) is 2. The molecule has 0 aliphatic carbocycles. The zero-order chi connectivity index (χ0) is 12.3. The summed E-state index contributed by atoms with van der Waals surface area (Å²) in [4.78, 5) is 8.18. The maximum atomic E-state index is 5.64. The van der Waals surface area contributed by atoms with Gasteiger partial charge in [-0.05, 0) is 17.7 Å². The molecule has 5 heteroatoms. The van der Waals surface area contributed by atoms with Crippen LogP contribution < -0.4 is 15.2 Å². The molecular formula is C12H13N3O2. The molecule has 88 valence electrons. The van der Waals surface area contributed by atoms with Gasteiger partial charge >= 0.3 is 6.01 Å². The third-order valence-corrected chi connectivity index (χ3v) is 2.33. The van der Waals surface area contributed by atoms with E-state index in [1.807, 2.05) is 24.3 Å². The summed E-state index contributed by atoms with van der Waals surface area (Å²) in [7, 11) is 3.07. The maximum absolute atomic E-state index is 5.64. The minimum atomic E-state index is 0.279. The molecule has 2 N–H and O–H groups in total. The first kappa shape index (κ1) is 11.2. The second-order valence-corrected chi connectivity index (χ2v) is 3.40. The number of nitrogens with zero attached hydrogens (tertiary/aromatic N) is 2. The van der Waals surface area contributed by atoms with Crippen LogP contribution in [0.25, 0.3) is 11.1 Å². The van der Waals surface area contributed by atoms with Crippen molar-refractivity contribution >= 4 is 5.69 Å². The molecule has 0 amide bonds. The molecule has 0 fully saturated rings. The molecule has 1 aromatic carbocycles. The Morgan fingerprint density at radius 2 is 1.76 bits per heavy atom. The normalized spacial score (nSPS) is 10.0.